The van der Waals surface area contributed by atoms with Crippen molar-refractivity contribution in [3.05, 3.63) is 28.2 Å². The Balaban J connectivity index is 1.81. The minimum Gasteiger partial charge on any atom is -0.353 e. The van der Waals surface area contributed by atoms with Gasteiger partial charge in [-0.15, -0.1) is 11.8 Å². The normalized spacial score (nSPS) is 22.6. The summed E-state index contributed by atoms with van der Waals surface area (Å²) in [5.74, 6) is 0.406. The maximum absolute atomic E-state index is 12.0. The van der Waals surface area contributed by atoms with Gasteiger partial charge in [0.15, 0.2) is 0 Å². The van der Waals surface area contributed by atoms with Gasteiger partial charge in [-0.3, -0.25) is 4.79 Å². The van der Waals surface area contributed by atoms with Crippen molar-refractivity contribution in [3.63, 3.8) is 0 Å². The Labute approximate surface area is 133 Å². The van der Waals surface area contributed by atoms with Gasteiger partial charge in [0, 0.05) is 22.0 Å². The topological polar surface area (TPSA) is 41.1 Å². The molecule has 1 fully saturated rings. The van der Waals surface area contributed by atoms with E-state index >= 15 is 0 Å². The van der Waals surface area contributed by atoms with E-state index in [1.165, 1.54) is 11.8 Å². The van der Waals surface area contributed by atoms with Gasteiger partial charge >= 0.3 is 0 Å². The fourth-order valence-electron chi connectivity index (χ4n) is 2.26. The lowest BCUT2D eigenvalue weighted by molar-refractivity contribution is -0.119. The number of hydrogen-bond acceptors (Lipinski definition) is 3. The highest BCUT2D eigenvalue weighted by Gasteiger charge is 2.19. The van der Waals surface area contributed by atoms with Crippen molar-refractivity contribution in [1.82, 2.24) is 10.6 Å². The van der Waals surface area contributed by atoms with Gasteiger partial charge in [0.25, 0.3) is 0 Å². The summed E-state index contributed by atoms with van der Waals surface area (Å²) in [6.07, 6.45) is 1.97. The number of carbonyl (C=O) groups is 1. The molecule has 6 heteroatoms. The first-order chi connectivity index (χ1) is 9.54. The van der Waals surface area contributed by atoms with E-state index in [-0.39, 0.29) is 11.9 Å². The van der Waals surface area contributed by atoms with Crippen molar-refractivity contribution in [2.24, 2.45) is 0 Å². The smallest absolute Gasteiger partial charge is 0.230 e. The monoisotopic (exact) mass is 332 g/mol. The Kier molecular flexibility index (Phi) is 6.02. The molecule has 0 radical (unpaired) electrons. The minimum absolute atomic E-state index is 0.0464. The van der Waals surface area contributed by atoms with Crippen LogP contribution in [-0.4, -0.2) is 30.3 Å². The molecule has 20 heavy (non-hydrogen) atoms. The van der Waals surface area contributed by atoms with Crippen LogP contribution in [0.4, 0.5) is 0 Å². The van der Waals surface area contributed by atoms with Gasteiger partial charge < -0.3 is 10.6 Å². The minimum atomic E-state index is 0.0464. The van der Waals surface area contributed by atoms with E-state index in [1.807, 2.05) is 0 Å². The fourth-order valence-corrected chi connectivity index (χ4v) is 3.57. The number of piperidine rings is 1. The molecular formula is C14H18Cl2N2OS. The average Bonchev–Trinajstić information content (AvgIpc) is 2.40. The number of amides is 1. The number of rotatable bonds is 4. The first-order valence-corrected chi connectivity index (χ1v) is 8.39. The van der Waals surface area contributed by atoms with Crippen molar-refractivity contribution in [2.45, 2.75) is 36.7 Å². The molecule has 110 valence electrons. The average molecular weight is 333 g/mol. The van der Waals surface area contributed by atoms with E-state index in [0.717, 1.165) is 24.3 Å². The van der Waals surface area contributed by atoms with Crippen LogP contribution >= 0.6 is 35.0 Å². The summed E-state index contributed by atoms with van der Waals surface area (Å²) in [6, 6.07) is 6.01. The van der Waals surface area contributed by atoms with E-state index in [1.54, 1.807) is 18.2 Å². The summed E-state index contributed by atoms with van der Waals surface area (Å²) in [7, 11) is 0. The van der Waals surface area contributed by atoms with Crippen LogP contribution in [0.25, 0.3) is 0 Å². The molecular weight excluding hydrogens is 315 g/mol. The summed E-state index contributed by atoms with van der Waals surface area (Å²) in [5.41, 5.74) is 0. The third-order valence-electron chi connectivity index (χ3n) is 3.24. The van der Waals surface area contributed by atoms with E-state index in [9.17, 15) is 4.79 Å². The fraction of sp³-hybridized carbons (Fsp3) is 0.500. The molecule has 0 spiro atoms. The van der Waals surface area contributed by atoms with Gasteiger partial charge in [0.05, 0.1) is 10.8 Å². The van der Waals surface area contributed by atoms with Crippen molar-refractivity contribution >= 4 is 40.9 Å². The van der Waals surface area contributed by atoms with Crippen LogP contribution in [0.5, 0.6) is 0 Å². The quantitative estimate of drug-likeness (QED) is 0.831. The van der Waals surface area contributed by atoms with Crippen molar-refractivity contribution in [2.75, 3.05) is 12.3 Å². The van der Waals surface area contributed by atoms with Crippen LogP contribution in [0.15, 0.2) is 23.1 Å². The predicted octanol–water partition coefficient (Wildman–Crippen LogP) is 3.34. The molecule has 1 heterocycles. The van der Waals surface area contributed by atoms with E-state index in [2.05, 4.69) is 17.6 Å². The lowest BCUT2D eigenvalue weighted by Gasteiger charge is -2.28. The summed E-state index contributed by atoms with van der Waals surface area (Å²) in [6.45, 7) is 3.10. The van der Waals surface area contributed by atoms with Gasteiger partial charge in [-0.25, -0.2) is 0 Å². The molecule has 2 N–H and O–H groups in total. The summed E-state index contributed by atoms with van der Waals surface area (Å²) in [4.78, 5) is 12.8. The van der Waals surface area contributed by atoms with Crippen LogP contribution < -0.4 is 10.6 Å². The summed E-state index contributed by atoms with van der Waals surface area (Å²) < 4.78 is 0. The van der Waals surface area contributed by atoms with Crippen molar-refractivity contribution in [3.8, 4) is 0 Å². The lowest BCUT2D eigenvalue weighted by Crippen LogP contribution is -2.47. The maximum Gasteiger partial charge on any atom is 0.230 e. The first kappa shape index (κ1) is 16.0. The Hall–Kier alpha value is -0.420. The molecule has 3 nitrogen and oxygen atoms in total. The molecule has 1 amide bonds. The summed E-state index contributed by atoms with van der Waals surface area (Å²) in [5, 5.41) is 7.70. The molecule has 1 aliphatic heterocycles. The Morgan fingerprint density at radius 3 is 3.05 bits per heavy atom. The van der Waals surface area contributed by atoms with Crippen LogP contribution in [-0.2, 0) is 4.79 Å². The Morgan fingerprint density at radius 2 is 2.30 bits per heavy atom. The number of benzene rings is 1. The second kappa shape index (κ2) is 7.55. The second-order valence-corrected chi connectivity index (χ2v) is 6.87. The van der Waals surface area contributed by atoms with Gasteiger partial charge in [-0.2, -0.15) is 0 Å². The van der Waals surface area contributed by atoms with Crippen LogP contribution in [0.2, 0.25) is 10.0 Å². The van der Waals surface area contributed by atoms with Crippen LogP contribution in [0.1, 0.15) is 19.8 Å². The van der Waals surface area contributed by atoms with Crippen LogP contribution in [0.3, 0.4) is 0 Å². The second-order valence-electron chi connectivity index (χ2n) is 5.01. The van der Waals surface area contributed by atoms with Gasteiger partial charge in [0.2, 0.25) is 5.91 Å². The molecule has 0 bridgehead atoms. The molecule has 2 rings (SSSR count). The van der Waals surface area contributed by atoms with Gasteiger partial charge in [-0.1, -0.05) is 23.2 Å². The van der Waals surface area contributed by atoms with Crippen molar-refractivity contribution < 1.29 is 4.79 Å². The molecule has 1 aromatic rings. The number of nitrogens with one attached hydrogen (secondary N) is 2. The standard InChI is InChI=1S/C14H18Cl2N2OS/c1-9-6-11(4-5-17-9)18-14(19)8-20-13-7-10(15)2-3-12(13)16/h2-3,7,9,11,17H,4-6,8H2,1H3,(H,18,19). The number of halogens is 2. The lowest BCUT2D eigenvalue weighted by atomic mass is 10.0. The molecule has 0 aliphatic carbocycles. The van der Waals surface area contributed by atoms with E-state index in [0.29, 0.717) is 21.8 Å². The molecule has 0 aromatic heterocycles. The highest BCUT2D eigenvalue weighted by molar-refractivity contribution is 8.00. The van der Waals surface area contributed by atoms with Gasteiger partial charge in [-0.05, 0) is 44.5 Å². The molecule has 2 atom stereocenters. The molecule has 2 unspecified atom stereocenters. The maximum atomic E-state index is 12.0. The van der Waals surface area contributed by atoms with E-state index < -0.39 is 0 Å². The van der Waals surface area contributed by atoms with Gasteiger partial charge in [0.1, 0.15) is 0 Å². The molecule has 1 aromatic carbocycles. The largest absolute Gasteiger partial charge is 0.353 e. The first-order valence-electron chi connectivity index (χ1n) is 6.65. The summed E-state index contributed by atoms with van der Waals surface area (Å²) >= 11 is 13.4. The SMILES string of the molecule is CC1CC(NC(=O)CSc2cc(Cl)ccc2Cl)CCN1. The third kappa shape index (κ3) is 4.85. The highest BCUT2D eigenvalue weighted by Crippen LogP contribution is 2.29. The molecule has 1 saturated heterocycles. The number of carbonyl (C=O) groups excluding carboxylic acids is 1. The molecule has 1 aliphatic rings. The van der Waals surface area contributed by atoms with Crippen LogP contribution in [0, 0.1) is 0 Å². The zero-order valence-electron chi connectivity index (χ0n) is 11.3. The predicted molar refractivity (Wildman–Crippen MR) is 85.8 cm³/mol. The Morgan fingerprint density at radius 1 is 1.50 bits per heavy atom. The third-order valence-corrected chi connectivity index (χ3v) is 4.97. The number of thioether (sulfide) groups is 1. The number of hydrogen-bond donors (Lipinski definition) is 2. The zero-order chi connectivity index (χ0) is 14.5. The highest BCUT2D eigenvalue weighted by atomic mass is 35.5. The molecule has 0 saturated carbocycles. The Bertz CT molecular complexity index is 484. The van der Waals surface area contributed by atoms with E-state index in [4.69, 9.17) is 23.2 Å². The van der Waals surface area contributed by atoms with Crippen molar-refractivity contribution in [1.29, 1.82) is 0 Å². The zero-order valence-corrected chi connectivity index (χ0v) is 13.6.